The molecule has 0 fully saturated rings. The lowest BCUT2D eigenvalue weighted by Crippen LogP contribution is -2.14. The number of fused-ring (bicyclic) bond motifs is 6. The van der Waals surface area contributed by atoms with Crippen LogP contribution in [0, 0.1) is 0 Å². The van der Waals surface area contributed by atoms with Gasteiger partial charge in [0.05, 0.1) is 11.0 Å². The second-order valence-electron chi connectivity index (χ2n) is 7.99. The van der Waals surface area contributed by atoms with Gasteiger partial charge in [0.15, 0.2) is 0 Å². The second-order valence-corrected chi connectivity index (χ2v) is 7.99. The summed E-state index contributed by atoms with van der Waals surface area (Å²) in [5, 5.41) is 2.49. The Hall–Kier alpha value is -3.46. The van der Waals surface area contributed by atoms with E-state index in [0.29, 0.717) is 5.95 Å². The van der Waals surface area contributed by atoms with E-state index in [4.69, 9.17) is 0 Å². The summed E-state index contributed by atoms with van der Waals surface area (Å²) in [5.74, 6) is 0.708. The molecule has 0 saturated heterocycles. The van der Waals surface area contributed by atoms with Crippen molar-refractivity contribution in [2.24, 2.45) is 0 Å². The molecule has 0 amide bonds. The van der Waals surface area contributed by atoms with Crippen molar-refractivity contribution in [2.45, 2.75) is 19.3 Å². The quantitative estimate of drug-likeness (QED) is 0.373. The van der Waals surface area contributed by atoms with Crippen LogP contribution in [0.4, 0.5) is 0 Å². The highest BCUT2D eigenvalue weighted by Gasteiger charge is 2.36. The first kappa shape index (κ1) is 15.6. The number of aromatic nitrogens is 3. The van der Waals surface area contributed by atoms with E-state index in [1.807, 2.05) is 6.07 Å². The molecule has 0 atom stereocenters. The van der Waals surface area contributed by atoms with Crippen molar-refractivity contribution >= 4 is 21.8 Å². The average Bonchev–Trinajstić information content (AvgIpc) is 3.17. The lowest BCUT2D eigenvalue weighted by Gasteiger charge is -2.21. The monoisotopic (exact) mass is 361 g/mol. The molecule has 0 bridgehead atoms. The fraction of sp³-hybridized carbons (Fsp3) is 0.120. The molecule has 6 rings (SSSR count). The second kappa shape index (κ2) is 5.29. The standard InChI is InChI=1S/C25H19N3/c1-25(2)20-10-5-3-8-16(20)18-15-23-19(14-21(18)25)17-9-4-6-11-22(17)28(23)24-26-12-7-13-27-24/h3-15H,1-2H3. The Morgan fingerprint density at radius 3 is 2.29 bits per heavy atom. The minimum absolute atomic E-state index is 0.00737. The maximum absolute atomic E-state index is 4.54. The predicted molar refractivity (Wildman–Crippen MR) is 114 cm³/mol. The van der Waals surface area contributed by atoms with E-state index >= 15 is 0 Å². The van der Waals surface area contributed by atoms with E-state index in [2.05, 4.69) is 89.0 Å². The van der Waals surface area contributed by atoms with Crippen LogP contribution in [-0.2, 0) is 5.41 Å². The van der Waals surface area contributed by atoms with Crippen LogP contribution in [0.1, 0.15) is 25.0 Å². The van der Waals surface area contributed by atoms with Gasteiger partial charge in [0.2, 0.25) is 5.95 Å². The SMILES string of the molecule is CC1(C)c2ccccc2-c2cc3c(cc21)c1ccccc1n3-c1ncccn1. The van der Waals surface area contributed by atoms with Gasteiger partial charge in [0.1, 0.15) is 0 Å². The molecule has 3 heteroatoms. The molecule has 0 unspecified atom stereocenters. The Morgan fingerprint density at radius 1 is 0.679 bits per heavy atom. The van der Waals surface area contributed by atoms with Gasteiger partial charge in [-0.3, -0.25) is 4.57 Å². The van der Waals surface area contributed by atoms with Crippen molar-refractivity contribution in [3.63, 3.8) is 0 Å². The van der Waals surface area contributed by atoms with Gasteiger partial charge in [-0.25, -0.2) is 9.97 Å². The van der Waals surface area contributed by atoms with Gasteiger partial charge < -0.3 is 0 Å². The molecule has 28 heavy (non-hydrogen) atoms. The number of hydrogen-bond acceptors (Lipinski definition) is 2. The van der Waals surface area contributed by atoms with Crippen LogP contribution in [-0.4, -0.2) is 14.5 Å². The topological polar surface area (TPSA) is 30.7 Å². The number of benzene rings is 3. The van der Waals surface area contributed by atoms with Crippen molar-refractivity contribution in [1.29, 1.82) is 0 Å². The molecular formula is C25H19N3. The third-order valence-electron chi connectivity index (χ3n) is 6.13. The third-order valence-corrected chi connectivity index (χ3v) is 6.13. The first-order valence-electron chi connectivity index (χ1n) is 9.61. The fourth-order valence-electron chi connectivity index (χ4n) is 4.79. The summed E-state index contributed by atoms with van der Waals surface area (Å²) in [5.41, 5.74) is 7.70. The van der Waals surface area contributed by atoms with Crippen molar-refractivity contribution in [3.05, 3.63) is 90.3 Å². The highest BCUT2D eigenvalue weighted by atomic mass is 15.1. The lowest BCUT2D eigenvalue weighted by atomic mass is 9.82. The smallest absolute Gasteiger partial charge is 0.234 e. The van der Waals surface area contributed by atoms with Crippen LogP contribution in [0.15, 0.2) is 79.1 Å². The van der Waals surface area contributed by atoms with Crippen molar-refractivity contribution in [3.8, 4) is 17.1 Å². The Balaban J connectivity index is 1.80. The fourth-order valence-corrected chi connectivity index (χ4v) is 4.79. The molecule has 2 heterocycles. The van der Waals surface area contributed by atoms with Crippen molar-refractivity contribution < 1.29 is 0 Å². The molecule has 134 valence electrons. The van der Waals surface area contributed by atoms with E-state index in [9.17, 15) is 0 Å². The summed E-state index contributed by atoms with van der Waals surface area (Å²) in [7, 11) is 0. The molecule has 0 aliphatic heterocycles. The summed E-state index contributed by atoms with van der Waals surface area (Å²) in [6.45, 7) is 4.64. The molecule has 0 spiro atoms. The van der Waals surface area contributed by atoms with E-state index in [-0.39, 0.29) is 5.41 Å². The Bertz CT molecular complexity index is 1380. The molecule has 0 radical (unpaired) electrons. The first-order chi connectivity index (χ1) is 13.7. The van der Waals surface area contributed by atoms with Crippen LogP contribution < -0.4 is 0 Å². The zero-order valence-electron chi connectivity index (χ0n) is 15.8. The molecule has 5 aromatic rings. The zero-order chi connectivity index (χ0) is 18.9. The highest BCUT2D eigenvalue weighted by molar-refractivity contribution is 6.11. The average molecular weight is 361 g/mol. The molecule has 3 aromatic carbocycles. The maximum atomic E-state index is 4.54. The molecule has 0 N–H and O–H groups in total. The predicted octanol–water partition coefficient (Wildman–Crippen LogP) is 5.88. The molecule has 3 nitrogen and oxygen atoms in total. The number of nitrogens with zero attached hydrogens (tertiary/aromatic N) is 3. The molecule has 1 aliphatic carbocycles. The number of para-hydroxylation sites is 1. The normalized spacial score (nSPS) is 14.4. The van der Waals surface area contributed by atoms with Crippen LogP contribution >= 0.6 is 0 Å². The Morgan fingerprint density at radius 2 is 1.43 bits per heavy atom. The summed E-state index contributed by atoms with van der Waals surface area (Å²) >= 11 is 0. The van der Waals surface area contributed by atoms with Crippen LogP contribution in [0.2, 0.25) is 0 Å². The van der Waals surface area contributed by atoms with Gasteiger partial charge in [0, 0.05) is 28.6 Å². The number of hydrogen-bond donors (Lipinski definition) is 0. The van der Waals surface area contributed by atoms with Crippen molar-refractivity contribution in [1.82, 2.24) is 14.5 Å². The zero-order valence-corrected chi connectivity index (χ0v) is 15.8. The van der Waals surface area contributed by atoms with Gasteiger partial charge in [-0.2, -0.15) is 0 Å². The van der Waals surface area contributed by atoms with Gasteiger partial charge in [-0.15, -0.1) is 0 Å². The maximum Gasteiger partial charge on any atom is 0.234 e. The van der Waals surface area contributed by atoms with E-state index in [1.54, 1.807) is 12.4 Å². The van der Waals surface area contributed by atoms with Crippen molar-refractivity contribution in [2.75, 3.05) is 0 Å². The largest absolute Gasteiger partial charge is 0.278 e. The summed E-state index contributed by atoms with van der Waals surface area (Å²) < 4.78 is 2.18. The van der Waals surface area contributed by atoms with Crippen LogP contribution in [0.3, 0.4) is 0 Å². The lowest BCUT2D eigenvalue weighted by molar-refractivity contribution is 0.661. The summed E-state index contributed by atoms with van der Waals surface area (Å²) in [6.07, 6.45) is 3.60. The van der Waals surface area contributed by atoms with Crippen LogP contribution in [0.5, 0.6) is 0 Å². The van der Waals surface area contributed by atoms with Gasteiger partial charge >= 0.3 is 0 Å². The van der Waals surface area contributed by atoms with E-state index in [1.165, 1.54) is 33.0 Å². The highest BCUT2D eigenvalue weighted by Crippen LogP contribution is 2.50. The van der Waals surface area contributed by atoms with Gasteiger partial charge in [-0.1, -0.05) is 56.3 Å². The molecule has 2 aromatic heterocycles. The summed E-state index contributed by atoms with van der Waals surface area (Å²) in [4.78, 5) is 9.08. The minimum Gasteiger partial charge on any atom is -0.278 e. The molecule has 1 aliphatic rings. The van der Waals surface area contributed by atoms with Gasteiger partial charge in [-0.05, 0) is 46.5 Å². The minimum atomic E-state index is -0.00737. The van der Waals surface area contributed by atoms with Gasteiger partial charge in [0.25, 0.3) is 0 Å². The molecule has 0 saturated carbocycles. The van der Waals surface area contributed by atoms with Crippen LogP contribution in [0.25, 0.3) is 38.9 Å². The number of rotatable bonds is 1. The van der Waals surface area contributed by atoms with E-state index < -0.39 is 0 Å². The third kappa shape index (κ3) is 1.88. The summed E-state index contributed by atoms with van der Waals surface area (Å²) in [6, 6.07) is 23.8. The van der Waals surface area contributed by atoms with E-state index in [0.717, 1.165) is 11.0 Å². The Kier molecular flexibility index (Phi) is 2.95. The molecular weight excluding hydrogens is 342 g/mol. The Labute approximate surface area is 163 Å². The first-order valence-corrected chi connectivity index (χ1v) is 9.61.